The van der Waals surface area contributed by atoms with E-state index in [1.54, 1.807) is 24.3 Å². The fourth-order valence-electron chi connectivity index (χ4n) is 7.58. The Morgan fingerprint density at radius 2 is 1.65 bits per heavy atom. The first-order valence-electron chi connectivity index (χ1n) is 13.9. The van der Waals surface area contributed by atoms with E-state index in [9.17, 15) is 18.0 Å². The van der Waals surface area contributed by atoms with Gasteiger partial charge < -0.3 is 9.47 Å². The molecule has 3 aliphatic rings. The van der Waals surface area contributed by atoms with Crippen molar-refractivity contribution >= 4 is 22.0 Å². The lowest BCUT2D eigenvalue weighted by Gasteiger charge is -2.50. The minimum Gasteiger partial charge on any atom is -0.458 e. The average Bonchev–Trinajstić information content (AvgIpc) is 3.28. The second-order valence-corrected chi connectivity index (χ2v) is 13.1. The van der Waals surface area contributed by atoms with Crippen LogP contribution in [0.2, 0.25) is 0 Å². The summed E-state index contributed by atoms with van der Waals surface area (Å²) in [5.41, 5.74) is 2.91. The maximum Gasteiger partial charge on any atom is 0.343 e. The molecule has 0 aliphatic heterocycles. The van der Waals surface area contributed by atoms with Crippen LogP contribution in [0.5, 0.6) is 5.75 Å². The van der Waals surface area contributed by atoms with Crippen LogP contribution in [-0.2, 0) is 21.2 Å². The Balaban J connectivity index is 1.18. The molecule has 0 bridgehead atoms. The molecule has 2 fully saturated rings. The van der Waals surface area contributed by atoms with Crippen LogP contribution in [0.3, 0.4) is 0 Å². The molecule has 8 heteroatoms. The third kappa shape index (κ3) is 4.73. The Morgan fingerprint density at radius 3 is 2.42 bits per heavy atom. The number of rotatable bonds is 5. The largest absolute Gasteiger partial charge is 0.458 e. The van der Waals surface area contributed by atoms with Crippen LogP contribution in [0.4, 0.5) is 0 Å². The number of carbonyl (C=O) groups excluding carboxylic acids is 2. The van der Waals surface area contributed by atoms with E-state index >= 15 is 0 Å². The van der Waals surface area contributed by atoms with Crippen LogP contribution in [0.1, 0.15) is 76.8 Å². The Hall–Kier alpha value is -3.49. The van der Waals surface area contributed by atoms with Gasteiger partial charge in [-0.1, -0.05) is 43.3 Å². The van der Waals surface area contributed by atoms with Crippen molar-refractivity contribution in [2.24, 2.45) is 22.4 Å². The van der Waals surface area contributed by atoms with Gasteiger partial charge in [0.1, 0.15) is 11.9 Å². The number of carbonyl (C=O) groups is 2. The number of esters is 2. The summed E-state index contributed by atoms with van der Waals surface area (Å²) in [5, 5.41) is 5.35. The fraction of sp³-hybridized carbons (Fsp3) is 0.375. The lowest BCUT2D eigenvalue weighted by atomic mass is 9.55. The Labute approximate surface area is 234 Å². The zero-order valence-corrected chi connectivity index (χ0v) is 23.2. The molecule has 2 N–H and O–H groups in total. The fourth-order valence-corrected chi connectivity index (χ4v) is 8.31. The van der Waals surface area contributed by atoms with E-state index < -0.39 is 16.0 Å². The molecule has 6 rings (SSSR count). The van der Waals surface area contributed by atoms with Gasteiger partial charge in [-0.15, -0.1) is 0 Å². The summed E-state index contributed by atoms with van der Waals surface area (Å²) >= 11 is 0. The highest BCUT2D eigenvalue weighted by Crippen LogP contribution is 2.61. The molecular weight excluding hydrogens is 526 g/mol. The van der Waals surface area contributed by atoms with Crippen LogP contribution < -0.4 is 9.88 Å². The SMILES string of the molecule is C[C@]12CCC3c4ccc(OC(=O)c5ccccc5)cc4CCC3C1CC[C@@H]2OC(=O)c1ccccc1S(N)(=O)=O. The highest BCUT2D eigenvalue weighted by molar-refractivity contribution is 7.89. The minimum atomic E-state index is -4.05. The van der Waals surface area contributed by atoms with Gasteiger partial charge in [0.15, 0.2) is 0 Å². The highest BCUT2D eigenvalue weighted by Gasteiger charge is 2.56. The van der Waals surface area contributed by atoms with Gasteiger partial charge in [0, 0.05) is 5.41 Å². The summed E-state index contributed by atoms with van der Waals surface area (Å²) in [6, 6.07) is 21.0. The van der Waals surface area contributed by atoms with Crippen molar-refractivity contribution in [3.05, 3.63) is 95.1 Å². The Bertz CT molecular complexity index is 1570. The standard InChI is InChI=1S/C32H33NO6S/c1-32-18-17-24-23-14-12-22(38-30(34)20-7-3-2-4-8-20)19-21(23)11-13-25(24)27(32)15-16-29(32)39-31(35)26-9-5-6-10-28(26)40(33,36)37/h2-10,12,14,19,24-25,27,29H,11,13,15-18H2,1H3,(H2,33,36,37)/t24?,25?,27?,29-,32-/m0/s1. The van der Waals surface area contributed by atoms with E-state index in [1.165, 1.54) is 23.3 Å². The van der Waals surface area contributed by atoms with Gasteiger partial charge in [0.05, 0.1) is 16.0 Å². The summed E-state index contributed by atoms with van der Waals surface area (Å²) in [6.07, 6.45) is 5.28. The van der Waals surface area contributed by atoms with Crippen LogP contribution in [-0.4, -0.2) is 26.5 Å². The van der Waals surface area contributed by atoms with Crippen LogP contribution in [0, 0.1) is 17.3 Å². The molecule has 3 aliphatic carbocycles. The van der Waals surface area contributed by atoms with E-state index in [4.69, 9.17) is 14.6 Å². The lowest BCUT2D eigenvalue weighted by molar-refractivity contribution is -0.0430. The maximum absolute atomic E-state index is 13.2. The third-order valence-electron chi connectivity index (χ3n) is 9.49. The number of ether oxygens (including phenoxy) is 2. The minimum absolute atomic E-state index is 0.0129. The van der Waals surface area contributed by atoms with E-state index in [0.29, 0.717) is 29.1 Å². The second-order valence-electron chi connectivity index (χ2n) is 11.6. The van der Waals surface area contributed by atoms with Gasteiger partial charge in [-0.2, -0.15) is 0 Å². The number of fused-ring (bicyclic) bond motifs is 5. The predicted octanol–water partition coefficient (Wildman–Crippen LogP) is 5.63. The molecule has 0 saturated heterocycles. The lowest BCUT2D eigenvalue weighted by Crippen LogP contribution is -2.45. The summed E-state index contributed by atoms with van der Waals surface area (Å²) in [6.45, 7) is 2.23. The highest BCUT2D eigenvalue weighted by atomic mass is 32.2. The molecule has 3 aromatic rings. The predicted molar refractivity (Wildman–Crippen MR) is 149 cm³/mol. The zero-order chi connectivity index (χ0) is 28.1. The molecule has 3 aromatic carbocycles. The quantitative estimate of drug-likeness (QED) is 0.320. The van der Waals surface area contributed by atoms with Crippen molar-refractivity contribution in [3.8, 4) is 5.75 Å². The number of aryl methyl sites for hydroxylation is 1. The van der Waals surface area contributed by atoms with Crippen molar-refractivity contribution in [2.75, 3.05) is 0 Å². The van der Waals surface area contributed by atoms with E-state index in [-0.39, 0.29) is 27.9 Å². The smallest absolute Gasteiger partial charge is 0.343 e. The van der Waals surface area contributed by atoms with Gasteiger partial charge in [0.25, 0.3) is 0 Å². The summed E-state index contributed by atoms with van der Waals surface area (Å²) in [7, 11) is -4.05. The van der Waals surface area contributed by atoms with Gasteiger partial charge in [-0.3, -0.25) is 0 Å². The molecular formula is C32H33NO6S. The first-order chi connectivity index (χ1) is 19.1. The van der Waals surface area contributed by atoms with Crippen LogP contribution >= 0.6 is 0 Å². The number of nitrogens with two attached hydrogens (primary N) is 1. The molecule has 40 heavy (non-hydrogen) atoms. The zero-order valence-electron chi connectivity index (χ0n) is 22.4. The second kappa shape index (κ2) is 10.2. The summed E-state index contributed by atoms with van der Waals surface area (Å²) < 4.78 is 35.8. The molecule has 3 unspecified atom stereocenters. The third-order valence-corrected chi connectivity index (χ3v) is 10.5. The molecule has 0 aromatic heterocycles. The van der Waals surface area contributed by atoms with Crippen LogP contribution in [0.25, 0.3) is 0 Å². The van der Waals surface area contributed by atoms with Crippen molar-refractivity contribution in [3.63, 3.8) is 0 Å². The molecule has 7 nitrogen and oxygen atoms in total. The van der Waals surface area contributed by atoms with Crippen molar-refractivity contribution in [2.45, 2.75) is 62.4 Å². The first kappa shape index (κ1) is 26.7. The molecule has 2 saturated carbocycles. The summed E-state index contributed by atoms with van der Waals surface area (Å²) in [4.78, 5) is 25.5. The Kier molecular flexibility index (Phi) is 6.79. The number of hydrogen-bond acceptors (Lipinski definition) is 6. The number of hydrogen-bond donors (Lipinski definition) is 1. The van der Waals surface area contributed by atoms with Gasteiger partial charge >= 0.3 is 11.9 Å². The Morgan fingerprint density at radius 1 is 0.900 bits per heavy atom. The summed E-state index contributed by atoms with van der Waals surface area (Å²) in [5.74, 6) is 0.870. The van der Waals surface area contributed by atoms with E-state index in [1.807, 2.05) is 30.3 Å². The van der Waals surface area contributed by atoms with Crippen molar-refractivity contribution in [1.82, 2.24) is 0 Å². The monoisotopic (exact) mass is 559 g/mol. The maximum atomic E-state index is 13.2. The van der Waals surface area contributed by atoms with Gasteiger partial charge in [-0.25, -0.2) is 23.1 Å². The normalized spacial score (nSPS) is 27.1. The van der Waals surface area contributed by atoms with E-state index in [2.05, 4.69) is 13.0 Å². The molecule has 0 amide bonds. The number of benzene rings is 3. The first-order valence-corrected chi connectivity index (χ1v) is 15.4. The van der Waals surface area contributed by atoms with Gasteiger partial charge in [-0.05, 0) is 104 Å². The van der Waals surface area contributed by atoms with Crippen LogP contribution in [0.15, 0.2) is 77.7 Å². The topological polar surface area (TPSA) is 113 Å². The van der Waals surface area contributed by atoms with E-state index in [0.717, 1.165) is 38.5 Å². The van der Waals surface area contributed by atoms with Crippen molar-refractivity contribution < 1.29 is 27.5 Å². The average molecular weight is 560 g/mol. The van der Waals surface area contributed by atoms with Crippen molar-refractivity contribution in [1.29, 1.82) is 0 Å². The molecule has 0 heterocycles. The molecule has 0 radical (unpaired) electrons. The molecule has 5 atom stereocenters. The number of primary sulfonamides is 1. The molecule has 0 spiro atoms. The molecule has 208 valence electrons. The number of sulfonamides is 1. The van der Waals surface area contributed by atoms with Gasteiger partial charge in [0.2, 0.25) is 10.0 Å².